The van der Waals surface area contributed by atoms with Crippen LogP contribution in [-0.4, -0.2) is 33.4 Å². The summed E-state index contributed by atoms with van der Waals surface area (Å²) in [6.45, 7) is 4.44. The summed E-state index contributed by atoms with van der Waals surface area (Å²) in [5, 5.41) is 0. The summed E-state index contributed by atoms with van der Waals surface area (Å²) >= 11 is 0. The number of fused-ring (bicyclic) bond motifs is 1. The molecule has 0 bridgehead atoms. The first-order chi connectivity index (χ1) is 9.65. The van der Waals surface area contributed by atoms with Crippen molar-refractivity contribution < 1.29 is 4.79 Å². The SMILES string of the molecule is Cc1ccc2nc(N)n(CCC(=O)N3CCCC3)c2c1. The molecule has 5 heteroatoms. The number of imidazole rings is 1. The van der Waals surface area contributed by atoms with Gasteiger partial charge >= 0.3 is 0 Å². The number of hydrogen-bond donors (Lipinski definition) is 1. The van der Waals surface area contributed by atoms with Crippen LogP contribution in [0.15, 0.2) is 18.2 Å². The summed E-state index contributed by atoms with van der Waals surface area (Å²) in [5.74, 6) is 0.705. The predicted molar refractivity (Wildman–Crippen MR) is 79.3 cm³/mol. The molecule has 0 spiro atoms. The molecule has 2 aromatic rings. The summed E-state index contributed by atoms with van der Waals surface area (Å²) < 4.78 is 1.94. The summed E-state index contributed by atoms with van der Waals surface area (Å²) in [4.78, 5) is 18.4. The highest BCUT2D eigenvalue weighted by Gasteiger charge is 2.18. The number of aromatic nitrogens is 2. The van der Waals surface area contributed by atoms with Gasteiger partial charge in [-0.1, -0.05) is 6.07 Å². The number of nitrogen functional groups attached to an aromatic ring is 1. The van der Waals surface area contributed by atoms with Crippen molar-refractivity contribution in [3.8, 4) is 0 Å². The van der Waals surface area contributed by atoms with E-state index >= 15 is 0 Å². The van der Waals surface area contributed by atoms with Crippen molar-refractivity contribution in [1.29, 1.82) is 0 Å². The van der Waals surface area contributed by atoms with Crippen molar-refractivity contribution in [1.82, 2.24) is 14.5 Å². The number of hydrogen-bond acceptors (Lipinski definition) is 3. The smallest absolute Gasteiger partial charge is 0.224 e. The van der Waals surface area contributed by atoms with Crippen LogP contribution >= 0.6 is 0 Å². The topological polar surface area (TPSA) is 64.1 Å². The Morgan fingerprint density at radius 3 is 2.85 bits per heavy atom. The van der Waals surface area contributed by atoms with Crippen molar-refractivity contribution in [2.45, 2.75) is 32.7 Å². The van der Waals surface area contributed by atoms with Crippen molar-refractivity contribution in [2.24, 2.45) is 0 Å². The zero-order chi connectivity index (χ0) is 14.1. The van der Waals surface area contributed by atoms with E-state index in [0.717, 1.165) is 37.0 Å². The highest BCUT2D eigenvalue weighted by molar-refractivity contribution is 5.80. The van der Waals surface area contributed by atoms with Gasteiger partial charge in [0.2, 0.25) is 11.9 Å². The number of nitrogens with two attached hydrogens (primary N) is 1. The molecule has 2 heterocycles. The van der Waals surface area contributed by atoms with Gasteiger partial charge in [-0.2, -0.15) is 0 Å². The molecule has 1 aromatic carbocycles. The molecular weight excluding hydrogens is 252 g/mol. The maximum absolute atomic E-state index is 12.1. The van der Waals surface area contributed by atoms with Gasteiger partial charge < -0.3 is 15.2 Å². The van der Waals surface area contributed by atoms with E-state index in [9.17, 15) is 4.79 Å². The van der Waals surface area contributed by atoms with Crippen LogP contribution < -0.4 is 5.73 Å². The van der Waals surface area contributed by atoms with Gasteiger partial charge in [0.05, 0.1) is 11.0 Å². The summed E-state index contributed by atoms with van der Waals surface area (Å²) in [7, 11) is 0. The molecule has 1 aliphatic rings. The second kappa shape index (κ2) is 5.15. The number of benzene rings is 1. The lowest BCUT2D eigenvalue weighted by atomic mass is 10.2. The fourth-order valence-corrected chi connectivity index (χ4v) is 2.82. The first-order valence-electron chi connectivity index (χ1n) is 7.15. The average Bonchev–Trinajstić information content (AvgIpc) is 3.04. The Kier molecular flexibility index (Phi) is 3.34. The molecule has 0 unspecified atom stereocenters. The molecule has 1 fully saturated rings. The Morgan fingerprint density at radius 2 is 2.10 bits per heavy atom. The minimum absolute atomic E-state index is 0.219. The largest absolute Gasteiger partial charge is 0.369 e. The second-order valence-electron chi connectivity index (χ2n) is 5.45. The molecule has 1 saturated heterocycles. The van der Waals surface area contributed by atoms with E-state index in [4.69, 9.17) is 5.73 Å². The van der Waals surface area contributed by atoms with Gasteiger partial charge in [0, 0.05) is 26.1 Å². The van der Waals surface area contributed by atoms with E-state index in [2.05, 4.69) is 11.1 Å². The van der Waals surface area contributed by atoms with Crippen LogP contribution in [0.25, 0.3) is 11.0 Å². The van der Waals surface area contributed by atoms with Gasteiger partial charge in [-0.15, -0.1) is 0 Å². The Labute approximate surface area is 118 Å². The van der Waals surface area contributed by atoms with E-state index in [1.165, 1.54) is 5.56 Å². The number of carbonyl (C=O) groups excluding carboxylic acids is 1. The molecule has 0 saturated carbocycles. The van der Waals surface area contributed by atoms with Crippen LogP contribution in [0.4, 0.5) is 5.95 Å². The summed E-state index contributed by atoms with van der Waals surface area (Å²) in [5.41, 5.74) is 9.04. The molecule has 0 aliphatic carbocycles. The second-order valence-corrected chi connectivity index (χ2v) is 5.45. The highest BCUT2D eigenvalue weighted by Crippen LogP contribution is 2.20. The van der Waals surface area contributed by atoms with Gasteiger partial charge in [-0.25, -0.2) is 4.98 Å². The third-order valence-corrected chi connectivity index (χ3v) is 3.94. The fourth-order valence-electron chi connectivity index (χ4n) is 2.82. The Bertz CT molecular complexity index is 641. The van der Waals surface area contributed by atoms with Gasteiger partial charge in [-0.3, -0.25) is 4.79 Å². The Morgan fingerprint density at radius 1 is 1.35 bits per heavy atom. The Balaban J connectivity index is 1.78. The minimum atomic E-state index is 0.219. The van der Waals surface area contributed by atoms with Gasteiger partial charge in [0.25, 0.3) is 0 Å². The maximum atomic E-state index is 12.1. The zero-order valence-electron chi connectivity index (χ0n) is 11.8. The van der Waals surface area contributed by atoms with Crippen LogP contribution in [0.5, 0.6) is 0 Å². The lowest BCUT2D eigenvalue weighted by Crippen LogP contribution is -2.28. The number of anilines is 1. The lowest BCUT2D eigenvalue weighted by Gasteiger charge is -2.15. The number of likely N-dealkylation sites (tertiary alicyclic amines) is 1. The molecule has 20 heavy (non-hydrogen) atoms. The number of nitrogens with zero attached hydrogens (tertiary/aromatic N) is 3. The molecule has 1 aliphatic heterocycles. The van der Waals surface area contributed by atoms with E-state index < -0.39 is 0 Å². The van der Waals surface area contributed by atoms with Gasteiger partial charge in [0.1, 0.15) is 0 Å². The summed E-state index contributed by atoms with van der Waals surface area (Å²) in [6.07, 6.45) is 2.74. The van der Waals surface area contributed by atoms with Crippen LogP contribution in [0.1, 0.15) is 24.8 Å². The van der Waals surface area contributed by atoms with Crippen LogP contribution in [0, 0.1) is 6.92 Å². The van der Waals surface area contributed by atoms with Crippen molar-refractivity contribution >= 4 is 22.9 Å². The van der Waals surface area contributed by atoms with Crippen molar-refractivity contribution in [3.63, 3.8) is 0 Å². The zero-order valence-corrected chi connectivity index (χ0v) is 11.8. The molecule has 3 rings (SSSR count). The molecule has 2 N–H and O–H groups in total. The number of aryl methyl sites for hydroxylation is 2. The lowest BCUT2D eigenvalue weighted by molar-refractivity contribution is -0.130. The summed E-state index contributed by atoms with van der Waals surface area (Å²) in [6, 6.07) is 6.06. The monoisotopic (exact) mass is 272 g/mol. The van der Waals surface area contributed by atoms with Crippen LogP contribution in [-0.2, 0) is 11.3 Å². The van der Waals surface area contributed by atoms with E-state index in [0.29, 0.717) is 18.9 Å². The van der Waals surface area contributed by atoms with Crippen molar-refractivity contribution in [2.75, 3.05) is 18.8 Å². The molecule has 1 amide bonds. The van der Waals surface area contributed by atoms with Gasteiger partial charge in [-0.05, 0) is 37.5 Å². The van der Waals surface area contributed by atoms with Crippen molar-refractivity contribution in [3.05, 3.63) is 23.8 Å². The Hall–Kier alpha value is -2.04. The molecule has 106 valence electrons. The maximum Gasteiger partial charge on any atom is 0.224 e. The minimum Gasteiger partial charge on any atom is -0.369 e. The quantitative estimate of drug-likeness (QED) is 0.928. The number of amides is 1. The molecule has 0 atom stereocenters. The normalized spacial score (nSPS) is 15.2. The standard InChI is InChI=1S/C15H20N4O/c1-11-4-5-12-13(10-11)19(15(16)17-12)9-6-14(20)18-7-2-3-8-18/h4-5,10H,2-3,6-9H2,1H3,(H2,16,17). The highest BCUT2D eigenvalue weighted by atomic mass is 16.2. The number of rotatable bonds is 3. The average molecular weight is 272 g/mol. The van der Waals surface area contributed by atoms with Gasteiger partial charge in [0.15, 0.2) is 0 Å². The molecule has 5 nitrogen and oxygen atoms in total. The first kappa shape index (κ1) is 13.0. The van der Waals surface area contributed by atoms with E-state index in [1.807, 2.05) is 28.5 Å². The molecular formula is C15H20N4O. The van der Waals surface area contributed by atoms with Crippen LogP contribution in [0.3, 0.4) is 0 Å². The fraction of sp³-hybridized carbons (Fsp3) is 0.467. The molecule has 0 radical (unpaired) electrons. The third-order valence-electron chi connectivity index (χ3n) is 3.94. The van der Waals surface area contributed by atoms with E-state index in [1.54, 1.807) is 0 Å². The molecule has 1 aromatic heterocycles. The van der Waals surface area contributed by atoms with E-state index in [-0.39, 0.29) is 5.91 Å². The number of carbonyl (C=O) groups is 1. The van der Waals surface area contributed by atoms with Crippen LogP contribution in [0.2, 0.25) is 0 Å². The predicted octanol–water partition coefficient (Wildman–Crippen LogP) is 1.94. The third kappa shape index (κ3) is 2.35. The first-order valence-corrected chi connectivity index (χ1v) is 7.15.